The van der Waals surface area contributed by atoms with Crippen molar-refractivity contribution in [1.82, 2.24) is 10.9 Å². The van der Waals surface area contributed by atoms with Gasteiger partial charge in [-0.2, -0.15) is 0 Å². The molecule has 1 heterocycles. The van der Waals surface area contributed by atoms with Crippen molar-refractivity contribution in [1.29, 1.82) is 0 Å². The summed E-state index contributed by atoms with van der Waals surface area (Å²) in [6.07, 6.45) is -0.297. The van der Waals surface area contributed by atoms with E-state index in [0.29, 0.717) is 35.2 Å². The first-order valence-corrected chi connectivity index (χ1v) is 9.31. The predicted molar refractivity (Wildman–Crippen MR) is 107 cm³/mol. The number of aryl methyl sites for hydroxylation is 1. The minimum absolute atomic E-state index is 0.0597. The van der Waals surface area contributed by atoms with E-state index in [1.807, 2.05) is 6.07 Å². The molecule has 0 aromatic heterocycles. The summed E-state index contributed by atoms with van der Waals surface area (Å²) in [5, 5.41) is 0. The summed E-state index contributed by atoms with van der Waals surface area (Å²) in [6.45, 7) is 0.0597. The number of benzene rings is 2. The fourth-order valence-electron chi connectivity index (χ4n) is 2.96. The van der Waals surface area contributed by atoms with Gasteiger partial charge in [-0.3, -0.25) is 20.4 Å². The van der Waals surface area contributed by atoms with E-state index in [1.165, 1.54) is 21.3 Å². The average Bonchev–Trinajstić information content (AvgIpc) is 2.79. The molecule has 0 radical (unpaired) electrons. The Balaban J connectivity index is 1.50. The molecule has 2 amide bonds. The number of rotatable bonds is 7. The molecule has 0 fully saturated rings. The van der Waals surface area contributed by atoms with Crippen molar-refractivity contribution in [2.45, 2.75) is 18.9 Å². The Morgan fingerprint density at radius 2 is 1.67 bits per heavy atom. The van der Waals surface area contributed by atoms with Gasteiger partial charge in [-0.1, -0.05) is 12.1 Å². The van der Waals surface area contributed by atoms with E-state index in [0.717, 1.165) is 5.56 Å². The molecule has 2 aromatic carbocycles. The van der Waals surface area contributed by atoms with Gasteiger partial charge < -0.3 is 23.7 Å². The number of hydrogen-bond donors (Lipinski definition) is 2. The van der Waals surface area contributed by atoms with Crippen molar-refractivity contribution < 1.29 is 33.3 Å². The van der Waals surface area contributed by atoms with Crippen molar-refractivity contribution in [3.8, 4) is 28.7 Å². The molecule has 2 N–H and O–H groups in total. The molecule has 0 spiro atoms. The van der Waals surface area contributed by atoms with Crippen LogP contribution in [0.4, 0.5) is 0 Å². The molecular weight excluding hydrogens is 392 g/mol. The van der Waals surface area contributed by atoms with Crippen molar-refractivity contribution in [3.05, 3.63) is 42.0 Å². The lowest BCUT2D eigenvalue weighted by molar-refractivity contribution is -0.135. The van der Waals surface area contributed by atoms with Crippen LogP contribution in [0.2, 0.25) is 0 Å². The third kappa shape index (κ3) is 4.86. The van der Waals surface area contributed by atoms with Gasteiger partial charge in [0.1, 0.15) is 6.61 Å². The second kappa shape index (κ2) is 9.73. The number of hydrazine groups is 1. The highest BCUT2D eigenvalue weighted by molar-refractivity contribution is 5.85. The maximum Gasteiger partial charge on any atom is 0.283 e. The molecule has 1 aliphatic heterocycles. The molecule has 9 nitrogen and oxygen atoms in total. The summed E-state index contributed by atoms with van der Waals surface area (Å²) in [7, 11) is 4.58. The standard InChI is InChI=1S/C21H24N2O7/c1-26-16-10-13(11-17(27-2)20(16)28-3)8-9-19(24)22-23-21(25)18-12-29-14-6-4-5-7-15(14)30-18/h4-7,10-11,18H,8-9,12H2,1-3H3,(H,22,24)(H,23,25)/t18-/m1/s1. The van der Waals surface area contributed by atoms with Gasteiger partial charge >= 0.3 is 0 Å². The number of ether oxygens (including phenoxy) is 5. The minimum Gasteiger partial charge on any atom is -0.493 e. The molecule has 0 unspecified atom stereocenters. The van der Waals surface area contributed by atoms with Crippen molar-refractivity contribution in [2.24, 2.45) is 0 Å². The molecule has 1 atom stereocenters. The normalized spacial score (nSPS) is 14.4. The summed E-state index contributed by atoms with van der Waals surface area (Å²) in [5.41, 5.74) is 5.59. The molecule has 0 aliphatic carbocycles. The van der Waals surface area contributed by atoms with E-state index in [9.17, 15) is 9.59 Å². The lowest BCUT2D eigenvalue weighted by atomic mass is 10.1. The van der Waals surface area contributed by atoms with E-state index in [2.05, 4.69) is 10.9 Å². The summed E-state index contributed by atoms with van der Waals surface area (Å²) in [6, 6.07) is 10.6. The summed E-state index contributed by atoms with van der Waals surface area (Å²) in [5.74, 6) is 1.72. The van der Waals surface area contributed by atoms with Crippen LogP contribution in [-0.4, -0.2) is 45.9 Å². The first-order chi connectivity index (χ1) is 14.5. The lowest BCUT2D eigenvalue weighted by Gasteiger charge is -2.25. The fraction of sp³-hybridized carbons (Fsp3) is 0.333. The first-order valence-electron chi connectivity index (χ1n) is 9.31. The van der Waals surface area contributed by atoms with Gasteiger partial charge in [0.2, 0.25) is 17.8 Å². The van der Waals surface area contributed by atoms with Gasteiger partial charge in [0, 0.05) is 6.42 Å². The average molecular weight is 416 g/mol. The van der Waals surface area contributed by atoms with E-state index >= 15 is 0 Å². The zero-order chi connectivity index (χ0) is 21.5. The monoisotopic (exact) mass is 416 g/mol. The van der Waals surface area contributed by atoms with Gasteiger partial charge in [-0.25, -0.2) is 0 Å². The highest BCUT2D eigenvalue weighted by Gasteiger charge is 2.27. The molecule has 0 bridgehead atoms. The molecule has 160 valence electrons. The molecule has 0 saturated carbocycles. The van der Waals surface area contributed by atoms with E-state index in [4.69, 9.17) is 23.7 Å². The summed E-state index contributed by atoms with van der Waals surface area (Å²) in [4.78, 5) is 24.4. The second-order valence-electron chi connectivity index (χ2n) is 6.44. The number of hydrogen-bond acceptors (Lipinski definition) is 7. The van der Waals surface area contributed by atoms with Crippen LogP contribution in [0.3, 0.4) is 0 Å². The van der Waals surface area contributed by atoms with E-state index in [-0.39, 0.29) is 18.9 Å². The summed E-state index contributed by atoms with van der Waals surface area (Å²) < 4.78 is 27.0. The number of carbonyl (C=O) groups is 2. The van der Waals surface area contributed by atoms with Crippen LogP contribution in [0.25, 0.3) is 0 Å². The molecule has 30 heavy (non-hydrogen) atoms. The van der Waals surface area contributed by atoms with E-state index < -0.39 is 12.0 Å². The molecule has 2 aromatic rings. The van der Waals surface area contributed by atoms with Gasteiger partial charge in [0.15, 0.2) is 23.0 Å². The van der Waals surface area contributed by atoms with Crippen LogP contribution < -0.4 is 34.5 Å². The second-order valence-corrected chi connectivity index (χ2v) is 6.44. The number of amides is 2. The largest absolute Gasteiger partial charge is 0.493 e. The third-order valence-electron chi connectivity index (χ3n) is 4.49. The predicted octanol–water partition coefficient (Wildman–Crippen LogP) is 1.63. The molecule has 1 aliphatic rings. The third-order valence-corrected chi connectivity index (χ3v) is 4.49. The van der Waals surface area contributed by atoms with Gasteiger partial charge in [-0.15, -0.1) is 0 Å². The quantitative estimate of drug-likeness (QED) is 0.661. The van der Waals surface area contributed by atoms with Crippen molar-refractivity contribution in [2.75, 3.05) is 27.9 Å². The van der Waals surface area contributed by atoms with Crippen LogP contribution in [0, 0.1) is 0 Å². The van der Waals surface area contributed by atoms with Crippen LogP contribution in [-0.2, 0) is 16.0 Å². The smallest absolute Gasteiger partial charge is 0.283 e. The number of fused-ring (bicyclic) bond motifs is 1. The summed E-state index contributed by atoms with van der Waals surface area (Å²) >= 11 is 0. The number of methoxy groups -OCH3 is 3. The zero-order valence-corrected chi connectivity index (χ0v) is 17.0. The number of carbonyl (C=O) groups excluding carboxylic acids is 2. The topological polar surface area (TPSA) is 104 Å². The Kier molecular flexibility index (Phi) is 6.84. The van der Waals surface area contributed by atoms with Crippen LogP contribution in [0.1, 0.15) is 12.0 Å². The number of para-hydroxylation sites is 2. The van der Waals surface area contributed by atoms with Gasteiger partial charge in [-0.05, 0) is 36.2 Å². The first kappa shape index (κ1) is 21.1. The van der Waals surface area contributed by atoms with Gasteiger partial charge in [0.05, 0.1) is 21.3 Å². The lowest BCUT2D eigenvalue weighted by Crippen LogP contribution is -2.50. The Labute approximate surface area is 174 Å². The molecule has 9 heteroatoms. The highest BCUT2D eigenvalue weighted by atomic mass is 16.6. The van der Waals surface area contributed by atoms with Crippen molar-refractivity contribution >= 4 is 11.8 Å². The molecule has 0 saturated heterocycles. The molecular formula is C21H24N2O7. The Bertz CT molecular complexity index is 891. The van der Waals surface area contributed by atoms with Crippen LogP contribution in [0.15, 0.2) is 36.4 Å². The van der Waals surface area contributed by atoms with E-state index in [1.54, 1.807) is 30.3 Å². The Hall–Kier alpha value is -3.62. The maximum absolute atomic E-state index is 12.2. The zero-order valence-electron chi connectivity index (χ0n) is 17.0. The maximum atomic E-state index is 12.2. The molecule has 3 rings (SSSR count). The van der Waals surface area contributed by atoms with Crippen LogP contribution >= 0.6 is 0 Å². The SMILES string of the molecule is COc1cc(CCC(=O)NNC(=O)[C@H]2COc3ccccc3O2)cc(OC)c1OC. The fourth-order valence-corrected chi connectivity index (χ4v) is 2.96. The van der Waals surface area contributed by atoms with Crippen LogP contribution in [0.5, 0.6) is 28.7 Å². The Morgan fingerprint density at radius 1 is 1.00 bits per heavy atom. The van der Waals surface area contributed by atoms with Gasteiger partial charge in [0.25, 0.3) is 5.91 Å². The number of nitrogens with one attached hydrogen (secondary N) is 2. The minimum atomic E-state index is -0.852. The Morgan fingerprint density at radius 3 is 2.30 bits per heavy atom. The highest BCUT2D eigenvalue weighted by Crippen LogP contribution is 2.38. The van der Waals surface area contributed by atoms with Crippen molar-refractivity contribution in [3.63, 3.8) is 0 Å².